The van der Waals surface area contributed by atoms with Crippen molar-refractivity contribution in [2.24, 2.45) is 0 Å². The summed E-state index contributed by atoms with van der Waals surface area (Å²) in [5, 5.41) is 0. The van der Waals surface area contributed by atoms with Gasteiger partial charge in [0.1, 0.15) is 9.84 Å². The molecule has 0 fully saturated rings. The van der Waals surface area contributed by atoms with E-state index in [1.54, 1.807) is 41.3 Å². The van der Waals surface area contributed by atoms with Gasteiger partial charge in [-0.3, -0.25) is 4.79 Å². The van der Waals surface area contributed by atoms with Gasteiger partial charge in [0.25, 0.3) is 5.91 Å². The lowest BCUT2D eigenvalue weighted by molar-refractivity contribution is 0.0718. The second-order valence-electron chi connectivity index (χ2n) is 6.76. The van der Waals surface area contributed by atoms with Crippen LogP contribution in [0.5, 0.6) is 11.5 Å². The van der Waals surface area contributed by atoms with E-state index in [1.807, 2.05) is 6.92 Å². The number of nitrogens with two attached hydrogens (primary N) is 1. The van der Waals surface area contributed by atoms with E-state index in [0.717, 1.165) is 11.8 Å². The summed E-state index contributed by atoms with van der Waals surface area (Å²) in [6.07, 6.45) is 1.16. The van der Waals surface area contributed by atoms with E-state index in [-0.39, 0.29) is 18.2 Å². The highest BCUT2D eigenvalue weighted by atomic mass is 32.2. The van der Waals surface area contributed by atoms with Gasteiger partial charge in [0.15, 0.2) is 11.5 Å². The van der Waals surface area contributed by atoms with Crippen LogP contribution in [0, 0.1) is 0 Å². The van der Waals surface area contributed by atoms with Crippen LogP contribution in [-0.2, 0) is 16.4 Å². The standard InChI is InChI=1S/C20H24N2O5S/c1-4-27-19-10-13(8-9-18(19)26-2)17(12-28(3,24)25)22-11-15-14(20(22)23)6-5-7-16(15)21/h5-10,17H,4,11-12,21H2,1-3H3/t17-/m1/s1. The highest BCUT2D eigenvalue weighted by Gasteiger charge is 2.36. The Bertz CT molecular complexity index is 1000. The van der Waals surface area contributed by atoms with Crippen molar-refractivity contribution in [3.05, 3.63) is 53.1 Å². The van der Waals surface area contributed by atoms with Crippen LogP contribution in [0.4, 0.5) is 5.69 Å². The molecule has 0 radical (unpaired) electrons. The predicted molar refractivity (Wildman–Crippen MR) is 107 cm³/mol. The Labute approximate surface area is 165 Å². The third-order valence-electron chi connectivity index (χ3n) is 4.74. The average molecular weight is 404 g/mol. The lowest BCUT2D eigenvalue weighted by Crippen LogP contribution is -2.33. The summed E-state index contributed by atoms with van der Waals surface area (Å²) >= 11 is 0. The number of rotatable bonds is 7. The normalized spacial score (nSPS) is 14.7. The van der Waals surface area contributed by atoms with E-state index < -0.39 is 15.9 Å². The predicted octanol–water partition coefficient (Wildman–Crippen LogP) is 2.42. The fourth-order valence-electron chi connectivity index (χ4n) is 3.45. The quantitative estimate of drug-likeness (QED) is 0.712. The van der Waals surface area contributed by atoms with Gasteiger partial charge in [-0.1, -0.05) is 12.1 Å². The first-order valence-electron chi connectivity index (χ1n) is 8.92. The van der Waals surface area contributed by atoms with Gasteiger partial charge in [0.05, 0.1) is 25.5 Å². The zero-order valence-electron chi connectivity index (χ0n) is 16.1. The zero-order chi connectivity index (χ0) is 20.5. The Morgan fingerprint density at radius 2 is 1.96 bits per heavy atom. The van der Waals surface area contributed by atoms with E-state index in [1.165, 1.54) is 7.11 Å². The molecular formula is C20H24N2O5S. The molecule has 0 saturated carbocycles. The molecule has 1 amide bonds. The smallest absolute Gasteiger partial charge is 0.255 e. The molecule has 8 heteroatoms. The molecule has 0 bridgehead atoms. The molecule has 0 spiro atoms. The Hall–Kier alpha value is -2.74. The minimum atomic E-state index is -3.37. The number of methoxy groups -OCH3 is 1. The second-order valence-corrected chi connectivity index (χ2v) is 8.94. The van der Waals surface area contributed by atoms with E-state index in [4.69, 9.17) is 15.2 Å². The highest BCUT2D eigenvalue weighted by molar-refractivity contribution is 7.90. The summed E-state index contributed by atoms with van der Waals surface area (Å²) in [6.45, 7) is 2.54. The van der Waals surface area contributed by atoms with Crippen LogP contribution < -0.4 is 15.2 Å². The Morgan fingerprint density at radius 3 is 2.57 bits per heavy atom. The van der Waals surface area contributed by atoms with Crippen LogP contribution in [0.15, 0.2) is 36.4 Å². The summed E-state index contributed by atoms with van der Waals surface area (Å²) in [7, 11) is -1.83. The number of amides is 1. The fourth-order valence-corrected chi connectivity index (χ4v) is 4.40. The van der Waals surface area contributed by atoms with Crippen LogP contribution in [-0.4, -0.2) is 45.0 Å². The summed E-state index contributed by atoms with van der Waals surface area (Å²) in [4.78, 5) is 14.6. The van der Waals surface area contributed by atoms with Crippen molar-refractivity contribution in [2.45, 2.75) is 19.5 Å². The largest absolute Gasteiger partial charge is 0.493 e. The molecule has 0 aliphatic carbocycles. The van der Waals surface area contributed by atoms with Crippen LogP contribution in [0.25, 0.3) is 0 Å². The molecular weight excluding hydrogens is 380 g/mol. The van der Waals surface area contributed by atoms with Gasteiger partial charge in [-0.2, -0.15) is 0 Å². The molecule has 2 aromatic carbocycles. The third kappa shape index (κ3) is 3.91. The Morgan fingerprint density at radius 1 is 1.21 bits per heavy atom. The maximum atomic E-state index is 13.0. The second kappa shape index (κ2) is 7.71. The molecule has 0 aromatic heterocycles. The topological polar surface area (TPSA) is 98.9 Å². The number of nitrogen functional groups attached to an aromatic ring is 1. The SMILES string of the molecule is CCOc1cc([C@@H](CS(C)(=O)=O)N2Cc3c(N)cccc3C2=O)ccc1OC. The van der Waals surface area contributed by atoms with Crippen molar-refractivity contribution in [1.29, 1.82) is 0 Å². The number of carbonyl (C=O) groups excluding carboxylic acids is 1. The van der Waals surface area contributed by atoms with Gasteiger partial charge in [0.2, 0.25) is 0 Å². The summed E-state index contributed by atoms with van der Waals surface area (Å²) in [6, 6.07) is 9.72. The number of hydrogen-bond donors (Lipinski definition) is 1. The van der Waals surface area contributed by atoms with Gasteiger partial charge in [-0.15, -0.1) is 0 Å². The van der Waals surface area contributed by atoms with Crippen LogP contribution in [0.2, 0.25) is 0 Å². The summed E-state index contributed by atoms with van der Waals surface area (Å²) in [5.41, 5.74) is 8.45. The van der Waals surface area contributed by atoms with Crippen LogP contribution in [0.3, 0.4) is 0 Å². The van der Waals surface area contributed by atoms with Crippen molar-refractivity contribution in [3.8, 4) is 11.5 Å². The lowest BCUT2D eigenvalue weighted by atomic mass is 10.1. The minimum Gasteiger partial charge on any atom is -0.493 e. The molecule has 3 rings (SSSR count). The Balaban J connectivity index is 2.05. The van der Waals surface area contributed by atoms with Crippen molar-refractivity contribution in [3.63, 3.8) is 0 Å². The van der Waals surface area contributed by atoms with Crippen LogP contribution >= 0.6 is 0 Å². The van der Waals surface area contributed by atoms with Crippen molar-refractivity contribution < 1.29 is 22.7 Å². The lowest BCUT2D eigenvalue weighted by Gasteiger charge is -2.28. The zero-order valence-corrected chi connectivity index (χ0v) is 17.0. The van der Waals surface area contributed by atoms with Crippen LogP contribution in [0.1, 0.15) is 34.5 Å². The first-order valence-corrected chi connectivity index (χ1v) is 11.0. The van der Waals surface area contributed by atoms with Gasteiger partial charge in [0, 0.05) is 29.6 Å². The summed E-state index contributed by atoms with van der Waals surface area (Å²) < 4.78 is 35.2. The molecule has 1 heterocycles. The third-order valence-corrected chi connectivity index (χ3v) is 5.66. The van der Waals surface area contributed by atoms with Gasteiger partial charge < -0.3 is 20.1 Å². The molecule has 1 atom stereocenters. The first kappa shape index (κ1) is 20.0. The van der Waals surface area contributed by atoms with Gasteiger partial charge >= 0.3 is 0 Å². The molecule has 28 heavy (non-hydrogen) atoms. The number of sulfone groups is 1. The van der Waals surface area contributed by atoms with E-state index >= 15 is 0 Å². The number of benzene rings is 2. The molecule has 150 valence electrons. The van der Waals surface area contributed by atoms with Gasteiger partial charge in [-0.25, -0.2) is 8.42 Å². The van der Waals surface area contributed by atoms with E-state index in [9.17, 15) is 13.2 Å². The van der Waals surface area contributed by atoms with E-state index in [2.05, 4.69) is 0 Å². The summed E-state index contributed by atoms with van der Waals surface area (Å²) in [5.74, 6) is 0.614. The Kier molecular flexibility index (Phi) is 5.51. The highest BCUT2D eigenvalue weighted by Crippen LogP contribution is 2.37. The van der Waals surface area contributed by atoms with Crippen molar-refractivity contribution >= 4 is 21.4 Å². The molecule has 2 N–H and O–H groups in total. The number of nitrogens with zero attached hydrogens (tertiary/aromatic N) is 1. The number of fused-ring (bicyclic) bond motifs is 1. The maximum absolute atomic E-state index is 13.0. The molecule has 0 unspecified atom stereocenters. The maximum Gasteiger partial charge on any atom is 0.255 e. The monoisotopic (exact) mass is 404 g/mol. The minimum absolute atomic E-state index is 0.204. The van der Waals surface area contributed by atoms with Gasteiger partial charge in [-0.05, 0) is 36.8 Å². The molecule has 0 saturated heterocycles. The molecule has 1 aliphatic rings. The fraction of sp³-hybridized carbons (Fsp3) is 0.350. The number of carbonyl (C=O) groups is 1. The molecule has 1 aliphatic heterocycles. The van der Waals surface area contributed by atoms with Crippen molar-refractivity contribution in [1.82, 2.24) is 4.90 Å². The van der Waals surface area contributed by atoms with Crippen molar-refractivity contribution in [2.75, 3.05) is 31.5 Å². The molecule has 2 aromatic rings. The first-order chi connectivity index (χ1) is 13.2. The van der Waals surface area contributed by atoms with E-state index in [0.29, 0.717) is 34.9 Å². The number of hydrogen-bond acceptors (Lipinski definition) is 6. The average Bonchev–Trinajstić information content (AvgIpc) is 2.97. The number of ether oxygens (including phenoxy) is 2. The number of anilines is 1. The molecule has 7 nitrogen and oxygen atoms in total.